The molecule has 11 nitrogen and oxygen atoms in total. The van der Waals surface area contributed by atoms with Crippen molar-refractivity contribution in [3.05, 3.63) is 85.4 Å². The number of amides is 1. The Morgan fingerprint density at radius 1 is 1.14 bits per heavy atom. The number of thiazole rings is 1. The van der Waals surface area contributed by atoms with E-state index >= 15 is 0 Å². The summed E-state index contributed by atoms with van der Waals surface area (Å²) in [6.45, 7) is 3.32. The molecule has 0 aliphatic carbocycles. The summed E-state index contributed by atoms with van der Waals surface area (Å²) >= 11 is 0.857. The lowest BCUT2D eigenvalue weighted by Gasteiger charge is -2.23. The summed E-state index contributed by atoms with van der Waals surface area (Å²) in [5.74, 6) is -2.46. The average molecular weight is 524 g/mol. The predicted octanol–water partition coefficient (Wildman–Crippen LogP) is 4.09. The molecule has 3 aromatic rings. The largest absolute Gasteiger partial charge is 0.507 e. The first-order valence-corrected chi connectivity index (χ1v) is 11.7. The number of methoxy groups -OCH3 is 2. The minimum Gasteiger partial charge on any atom is -0.507 e. The molecule has 1 aliphatic heterocycles. The van der Waals surface area contributed by atoms with Crippen LogP contribution < -0.4 is 9.64 Å². The minimum absolute atomic E-state index is 0.0355. The van der Waals surface area contributed by atoms with Crippen molar-refractivity contribution in [2.45, 2.75) is 19.9 Å². The molecule has 12 heteroatoms. The first kappa shape index (κ1) is 25.5. The van der Waals surface area contributed by atoms with E-state index in [1.807, 2.05) is 0 Å². The van der Waals surface area contributed by atoms with Gasteiger partial charge in [0.15, 0.2) is 5.13 Å². The summed E-state index contributed by atoms with van der Waals surface area (Å²) in [6, 6.07) is 8.88. The molecule has 1 N–H and O–H groups in total. The molecule has 1 amide bonds. The van der Waals surface area contributed by atoms with E-state index in [1.54, 1.807) is 32.0 Å². The van der Waals surface area contributed by atoms with Gasteiger partial charge in [0, 0.05) is 17.7 Å². The molecule has 0 bridgehead atoms. The van der Waals surface area contributed by atoms with Crippen molar-refractivity contribution in [3.63, 3.8) is 0 Å². The normalized spacial score (nSPS) is 16.6. The van der Waals surface area contributed by atoms with Crippen molar-refractivity contribution >= 4 is 45.6 Å². The maximum absolute atomic E-state index is 13.3. The summed E-state index contributed by atoms with van der Waals surface area (Å²) < 4.78 is 10.0. The number of carbonyl (C=O) groups excluding carboxylic acids is 3. The number of rotatable bonds is 6. The lowest BCUT2D eigenvalue weighted by Crippen LogP contribution is -2.29. The lowest BCUT2D eigenvalue weighted by molar-refractivity contribution is -0.384. The molecular formula is C25H21N3O8S. The Balaban J connectivity index is 1.94. The molecule has 0 radical (unpaired) electrons. The van der Waals surface area contributed by atoms with Crippen LogP contribution in [0.2, 0.25) is 0 Å². The van der Waals surface area contributed by atoms with Gasteiger partial charge in [0.05, 0.1) is 36.5 Å². The van der Waals surface area contributed by atoms with Crippen LogP contribution in [-0.2, 0) is 14.3 Å². The quantitative estimate of drug-likeness (QED) is 0.126. The van der Waals surface area contributed by atoms with E-state index in [0.29, 0.717) is 22.6 Å². The van der Waals surface area contributed by atoms with Crippen LogP contribution >= 0.6 is 11.3 Å². The van der Waals surface area contributed by atoms with E-state index in [2.05, 4.69) is 4.98 Å². The number of esters is 1. The number of non-ortho nitro benzene ring substituents is 1. The molecule has 4 rings (SSSR count). The van der Waals surface area contributed by atoms with Gasteiger partial charge in [0.1, 0.15) is 16.4 Å². The van der Waals surface area contributed by atoms with Crippen molar-refractivity contribution in [3.8, 4) is 5.75 Å². The van der Waals surface area contributed by atoms with Gasteiger partial charge in [-0.2, -0.15) is 0 Å². The van der Waals surface area contributed by atoms with Crippen LogP contribution in [0.1, 0.15) is 38.1 Å². The molecule has 1 fully saturated rings. The standard InChI is InChI=1S/C25H21N3O8S/c1-12-11-15(7-10-17(12)35-3)20(29)18-19(14-5-8-16(9-6-14)28(33)34)27(23(31)21(18)30)25-26-13(2)22(37-25)24(32)36-4/h5-11,19,29H,1-4H3/t19-/m1/s1. The number of carbonyl (C=O) groups is 3. The maximum Gasteiger partial charge on any atom is 0.350 e. The highest BCUT2D eigenvalue weighted by molar-refractivity contribution is 7.17. The first-order valence-electron chi connectivity index (χ1n) is 10.8. The third kappa shape index (κ3) is 4.42. The molecule has 0 spiro atoms. The fraction of sp³-hybridized carbons (Fsp3) is 0.200. The number of hydrogen-bond donors (Lipinski definition) is 1. The fourth-order valence-electron chi connectivity index (χ4n) is 4.07. The van der Waals surface area contributed by atoms with Crippen LogP contribution in [0.4, 0.5) is 10.8 Å². The van der Waals surface area contributed by atoms with E-state index < -0.39 is 34.4 Å². The van der Waals surface area contributed by atoms with Gasteiger partial charge in [0.2, 0.25) is 0 Å². The summed E-state index contributed by atoms with van der Waals surface area (Å²) in [5, 5.41) is 22.5. The highest BCUT2D eigenvalue weighted by Crippen LogP contribution is 2.44. The summed E-state index contributed by atoms with van der Waals surface area (Å²) in [4.78, 5) is 54.9. The second-order valence-corrected chi connectivity index (χ2v) is 9.08. The van der Waals surface area contributed by atoms with Crippen molar-refractivity contribution in [2.75, 3.05) is 19.1 Å². The second-order valence-electron chi connectivity index (χ2n) is 8.10. The average Bonchev–Trinajstić information content (AvgIpc) is 3.39. The van der Waals surface area contributed by atoms with Gasteiger partial charge in [-0.15, -0.1) is 0 Å². The van der Waals surface area contributed by atoms with Crippen LogP contribution in [0.5, 0.6) is 5.75 Å². The zero-order valence-corrected chi connectivity index (χ0v) is 21.0. The van der Waals surface area contributed by atoms with Crippen LogP contribution in [-0.4, -0.2) is 46.9 Å². The van der Waals surface area contributed by atoms with E-state index in [9.17, 15) is 29.6 Å². The second kappa shape index (κ2) is 9.82. The molecule has 1 aromatic heterocycles. The molecule has 2 heterocycles. The predicted molar refractivity (Wildman–Crippen MR) is 134 cm³/mol. The molecule has 37 heavy (non-hydrogen) atoms. The van der Waals surface area contributed by atoms with E-state index in [1.165, 1.54) is 38.5 Å². The van der Waals surface area contributed by atoms with E-state index in [-0.39, 0.29) is 26.8 Å². The minimum atomic E-state index is -1.17. The Hall–Kier alpha value is -4.58. The highest BCUT2D eigenvalue weighted by atomic mass is 32.1. The van der Waals surface area contributed by atoms with Gasteiger partial charge in [-0.25, -0.2) is 9.78 Å². The van der Waals surface area contributed by atoms with Crippen molar-refractivity contribution in [1.29, 1.82) is 0 Å². The van der Waals surface area contributed by atoms with Crippen LogP contribution in [0.15, 0.2) is 48.0 Å². The summed E-state index contributed by atoms with van der Waals surface area (Å²) in [7, 11) is 2.71. The first-order chi connectivity index (χ1) is 17.6. The van der Waals surface area contributed by atoms with Crippen LogP contribution in [0.3, 0.4) is 0 Å². The lowest BCUT2D eigenvalue weighted by atomic mass is 9.94. The molecule has 2 aromatic carbocycles. The number of benzene rings is 2. The Labute approximate surface area is 214 Å². The molecular weight excluding hydrogens is 502 g/mol. The molecule has 0 unspecified atom stereocenters. The number of hydrogen-bond acceptors (Lipinski definition) is 10. The number of anilines is 1. The van der Waals surface area contributed by atoms with Gasteiger partial charge < -0.3 is 14.6 Å². The van der Waals surface area contributed by atoms with E-state index in [4.69, 9.17) is 9.47 Å². The fourth-order valence-corrected chi connectivity index (χ4v) is 5.08. The van der Waals surface area contributed by atoms with Crippen LogP contribution in [0, 0.1) is 24.0 Å². The maximum atomic E-state index is 13.3. The van der Waals surface area contributed by atoms with Gasteiger partial charge in [-0.05, 0) is 55.3 Å². The topological polar surface area (TPSA) is 149 Å². The molecule has 0 saturated carbocycles. The number of nitro groups is 1. The highest BCUT2D eigenvalue weighted by Gasteiger charge is 2.48. The molecule has 1 aliphatic rings. The smallest absolute Gasteiger partial charge is 0.350 e. The number of aryl methyl sites for hydroxylation is 2. The number of ether oxygens (including phenoxy) is 2. The third-order valence-corrected chi connectivity index (χ3v) is 7.03. The van der Waals surface area contributed by atoms with E-state index in [0.717, 1.165) is 16.2 Å². The number of aliphatic hydroxyl groups excluding tert-OH is 1. The van der Waals surface area contributed by atoms with Gasteiger partial charge in [0.25, 0.3) is 11.5 Å². The number of nitro benzene ring substituents is 1. The number of aliphatic hydroxyl groups is 1. The SMILES string of the molecule is COC(=O)c1sc(N2C(=O)C(=O)C(=C(O)c3ccc(OC)c(C)c3)[C@H]2c2ccc([N+](=O)[O-])cc2)nc1C. The molecule has 1 saturated heterocycles. The van der Waals surface area contributed by atoms with Crippen LogP contribution in [0.25, 0.3) is 5.76 Å². The molecule has 190 valence electrons. The monoisotopic (exact) mass is 523 g/mol. The number of ketones is 1. The Morgan fingerprint density at radius 3 is 2.38 bits per heavy atom. The zero-order valence-electron chi connectivity index (χ0n) is 20.2. The van der Waals surface area contributed by atoms with Crippen molar-refractivity contribution < 1.29 is 33.9 Å². The molecule has 1 atom stereocenters. The zero-order chi connectivity index (χ0) is 27.0. The number of nitrogens with zero attached hydrogens (tertiary/aromatic N) is 3. The van der Waals surface area contributed by atoms with Gasteiger partial charge >= 0.3 is 11.9 Å². The van der Waals surface area contributed by atoms with Crippen molar-refractivity contribution in [2.24, 2.45) is 0 Å². The Morgan fingerprint density at radius 2 is 1.81 bits per heavy atom. The summed E-state index contributed by atoms with van der Waals surface area (Å²) in [6.07, 6.45) is 0. The summed E-state index contributed by atoms with van der Waals surface area (Å²) in [5.41, 5.74) is 1.16. The third-order valence-electron chi connectivity index (χ3n) is 5.89. The number of Topliss-reactive ketones (excluding diaryl/α,β-unsaturated/α-hetero) is 1. The Bertz CT molecular complexity index is 1480. The van der Waals surface area contributed by atoms with Gasteiger partial charge in [-0.1, -0.05) is 11.3 Å². The van der Waals surface area contributed by atoms with Crippen molar-refractivity contribution in [1.82, 2.24) is 4.98 Å². The number of aromatic nitrogens is 1. The Kier molecular flexibility index (Phi) is 6.77. The van der Waals surface area contributed by atoms with Gasteiger partial charge in [-0.3, -0.25) is 24.6 Å².